The van der Waals surface area contributed by atoms with Crippen LogP contribution in [-0.2, 0) is 6.42 Å². The highest BCUT2D eigenvalue weighted by atomic mass is 15.1. The molecule has 0 radical (unpaired) electrons. The minimum absolute atomic E-state index is 0.452. The van der Waals surface area contributed by atoms with Gasteiger partial charge in [-0.1, -0.05) is 37.6 Å². The first-order valence-electron chi connectivity index (χ1n) is 5.98. The molecule has 3 nitrogen and oxygen atoms in total. The standard InChI is InChI=1S/C14H17N3/c1-2-3-4-11-5-7-12(8-6-11)13-9-10-14(15)17-16-13/h5-10H,2-4H2,1H3,(H2,15,17). The van der Waals surface area contributed by atoms with Crippen LogP contribution in [0.5, 0.6) is 0 Å². The molecule has 2 rings (SSSR count). The van der Waals surface area contributed by atoms with Crippen molar-refractivity contribution in [3.8, 4) is 11.3 Å². The van der Waals surface area contributed by atoms with Gasteiger partial charge in [0.25, 0.3) is 0 Å². The third kappa shape index (κ3) is 3.03. The van der Waals surface area contributed by atoms with Gasteiger partial charge in [0, 0.05) is 5.56 Å². The maximum Gasteiger partial charge on any atom is 0.146 e. The van der Waals surface area contributed by atoms with Crippen molar-refractivity contribution in [1.82, 2.24) is 10.2 Å². The van der Waals surface area contributed by atoms with Crippen LogP contribution in [0, 0.1) is 0 Å². The Balaban J connectivity index is 2.14. The van der Waals surface area contributed by atoms with Gasteiger partial charge in [0.2, 0.25) is 0 Å². The Morgan fingerprint density at radius 3 is 2.35 bits per heavy atom. The summed E-state index contributed by atoms with van der Waals surface area (Å²) in [7, 11) is 0. The van der Waals surface area contributed by atoms with Crippen LogP contribution in [0.25, 0.3) is 11.3 Å². The molecule has 0 bridgehead atoms. The van der Waals surface area contributed by atoms with E-state index in [0.717, 1.165) is 17.7 Å². The van der Waals surface area contributed by atoms with Crippen LogP contribution in [0.2, 0.25) is 0 Å². The van der Waals surface area contributed by atoms with E-state index in [1.165, 1.54) is 18.4 Å². The predicted octanol–water partition coefficient (Wildman–Crippen LogP) is 3.07. The maximum atomic E-state index is 5.51. The van der Waals surface area contributed by atoms with Gasteiger partial charge in [-0.15, -0.1) is 10.2 Å². The molecule has 0 amide bonds. The van der Waals surface area contributed by atoms with Crippen LogP contribution in [0.15, 0.2) is 36.4 Å². The van der Waals surface area contributed by atoms with E-state index in [1.54, 1.807) is 6.07 Å². The molecule has 0 spiro atoms. The Kier molecular flexibility index (Phi) is 3.70. The highest BCUT2D eigenvalue weighted by Gasteiger charge is 2.00. The molecule has 1 aromatic carbocycles. The summed E-state index contributed by atoms with van der Waals surface area (Å²) < 4.78 is 0. The summed E-state index contributed by atoms with van der Waals surface area (Å²) in [5.41, 5.74) is 8.83. The zero-order chi connectivity index (χ0) is 12.1. The molecule has 88 valence electrons. The number of anilines is 1. The molecule has 2 N–H and O–H groups in total. The molecule has 0 fully saturated rings. The Morgan fingerprint density at radius 2 is 1.76 bits per heavy atom. The molecule has 0 atom stereocenters. The summed E-state index contributed by atoms with van der Waals surface area (Å²) >= 11 is 0. The lowest BCUT2D eigenvalue weighted by atomic mass is 10.0. The first kappa shape index (κ1) is 11.6. The molecule has 0 aliphatic carbocycles. The molecule has 0 aliphatic heterocycles. The smallest absolute Gasteiger partial charge is 0.146 e. The molecule has 17 heavy (non-hydrogen) atoms. The van der Waals surface area contributed by atoms with Gasteiger partial charge in [-0.05, 0) is 30.5 Å². The summed E-state index contributed by atoms with van der Waals surface area (Å²) in [6.07, 6.45) is 3.61. The van der Waals surface area contributed by atoms with Crippen LogP contribution in [0.1, 0.15) is 25.3 Å². The molecular weight excluding hydrogens is 210 g/mol. The number of benzene rings is 1. The molecule has 0 saturated carbocycles. The van der Waals surface area contributed by atoms with Crippen molar-refractivity contribution in [3.05, 3.63) is 42.0 Å². The van der Waals surface area contributed by atoms with Gasteiger partial charge in [0.15, 0.2) is 0 Å². The van der Waals surface area contributed by atoms with E-state index in [4.69, 9.17) is 5.73 Å². The van der Waals surface area contributed by atoms with Crippen molar-refractivity contribution < 1.29 is 0 Å². The average Bonchev–Trinajstić information content (AvgIpc) is 2.38. The first-order chi connectivity index (χ1) is 8.29. The highest BCUT2D eigenvalue weighted by molar-refractivity contribution is 5.59. The maximum absolute atomic E-state index is 5.51. The van der Waals surface area contributed by atoms with Crippen molar-refractivity contribution in [2.75, 3.05) is 5.73 Å². The largest absolute Gasteiger partial charge is 0.382 e. The minimum atomic E-state index is 0.452. The lowest BCUT2D eigenvalue weighted by Crippen LogP contribution is -1.94. The monoisotopic (exact) mass is 227 g/mol. The lowest BCUT2D eigenvalue weighted by molar-refractivity contribution is 0.795. The number of nitrogens with two attached hydrogens (primary N) is 1. The van der Waals surface area contributed by atoms with Crippen LogP contribution >= 0.6 is 0 Å². The fourth-order valence-corrected chi connectivity index (χ4v) is 1.72. The Labute approximate surface area is 102 Å². The number of unbranched alkanes of at least 4 members (excludes halogenated alkanes) is 1. The van der Waals surface area contributed by atoms with Crippen LogP contribution in [0.4, 0.5) is 5.82 Å². The number of aryl methyl sites for hydroxylation is 1. The van der Waals surface area contributed by atoms with Crippen LogP contribution in [0.3, 0.4) is 0 Å². The molecule has 2 aromatic rings. The summed E-state index contributed by atoms with van der Waals surface area (Å²) in [5, 5.41) is 7.92. The van der Waals surface area contributed by atoms with E-state index < -0.39 is 0 Å². The third-order valence-corrected chi connectivity index (χ3v) is 2.75. The van der Waals surface area contributed by atoms with Gasteiger partial charge in [0.05, 0.1) is 5.69 Å². The molecule has 3 heteroatoms. The highest BCUT2D eigenvalue weighted by Crippen LogP contribution is 2.18. The van der Waals surface area contributed by atoms with Crippen molar-refractivity contribution in [3.63, 3.8) is 0 Å². The van der Waals surface area contributed by atoms with Crippen LogP contribution in [-0.4, -0.2) is 10.2 Å². The van der Waals surface area contributed by atoms with E-state index in [9.17, 15) is 0 Å². The fourth-order valence-electron chi connectivity index (χ4n) is 1.72. The quantitative estimate of drug-likeness (QED) is 0.873. The Bertz CT molecular complexity index is 460. The molecule has 0 aliphatic rings. The predicted molar refractivity (Wildman–Crippen MR) is 70.5 cm³/mol. The van der Waals surface area contributed by atoms with E-state index in [1.807, 2.05) is 6.07 Å². The van der Waals surface area contributed by atoms with E-state index in [0.29, 0.717) is 5.82 Å². The van der Waals surface area contributed by atoms with Gasteiger partial charge in [-0.3, -0.25) is 0 Å². The van der Waals surface area contributed by atoms with Crippen molar-refractivity contribution in [2.45, 2.75) is 26.2 Å². The first-order valence-corrected chi connectivity index (χ1v) is 5.98. The Hall–Kier alpha value is -1.90. The second-order valence-electron chi connectivity index (χ2n) is 4.14. The summed E-state index contributed by atoms with van der Waals surface area (Å²) in [5.74, 6) is 0.452. The second kappa shape index (κ2) is 5.43. The molecule has 1 heterocycles. The average molecular weight is 227 g/mol. The van der Waals surface area contributed by atoms with E-state index in [-0.39, 0.29) is 0 Å². The van der Waals surface area contributed by atoms with E-state index in [2.05, 4.69) is 41.4 Å². The van der Waals surface area contributed by atoms with E-state index >= 15 is 0 Å². The molecule has 0 unspecified atom stereocenters. The van der Waals surface area contributed by atoms with Crippen molar-refractivity contribution in [1.29, 1.82) is 0 Å². The number of rotatable bonds is 4. The van der Waals surface area contributed by atoms with Crippen LogP contribution < -0.4 is 5.73 Å². The molecule has 0 saturated heterocycles. The second-order valence-corrected chi connectivity index (χ2v) is 4.14. The minimum Gasteiger partial charge on any atom is -0.382 e. The number of aromatic nitrogens is 2. The summed E-state index contributed by atoms with van der Waals surface area (Å²) in [6, 6.07) is 12.2. The molecule has 1 aromatic heterocycles. The number of nitrogens with zero attached hydrogens (tertiary/aromatic N) is 2. The zero-order valence-electron chi connectivity index (χ0n) is 10.1. The van der Waals surface area contributed by atoms with Gasteiger partial charge >= 0.3 is 0 Å². The van der Waals surface area contributed by atoms with Gasteiger partial charge < -0.3 is 5.73 Å². The fraction of sp³-hybridized carbons (Fsp3) is 0.286. The van der Waals surface area contributed by atoms with Gasteiger partial charge in [0.1, 0.15) is 5.82 Å². The number of hydrogen-bond acceptors (Lipinski definition) is 3. The topological polar surface area (TPSA) is 51.8 Å². The van der Waals surface area contributed by atoms with Gasteiger partial charge in [-0.25, -0.2) is 0 Å². The zero-order valence-corrected chi connectivity index (χ0v) is 10.1. The number of nitrogen functional groups attached to an aromatic ring is 1. The Morgan fingerprint density at radius 1 is 1.00 bits per heavy atom. The lowest BCUT2D eigenvalue weighted by Gasteiger charge is -2.03. The SMILES string of the molecule is CCCCc1ccc(-c2ccc(N)nn2)cc1. The summed E-state index contributed by atoms with van der Waals surface area (Å²) in [4.78, 5) is 0. The third-order valence-electron chi connectivity index (χ3n) is 2.75. The van der Waals surface area contributed by atoms with Gasteiger partial charge in [-0.2, -0.15) is 0 Å². The normalized spacial score (nSPS) is 10.4. The number of hydrogen-bond donors (Lipinski definition) is 1. The van der Waals surface area contributed by atoms with Crippen molar-refractivity contribution in [2.24, 2.45) is 0 Å². The summed E-state index contributed by atoms with van der Waals surface area (Å²) in [6.45, 7) is 2.21. The molecular formula is C14H17N3. The van der Waals surface area contributed by atoms with Crippen molar-refractivity contribution >= 4 is 5.82 Å².